The van der Waals surface area contributed by atoms with Gasteiger partial charge in [0.05, 0.1) is 12.5 Å². The summed E-state index contributed by atoms with van der Waals surface area (Å²) in [5.41, 5.74) is 4.90. The number of carbonyl (C=O) groups excluding carboxylic acids is 2. The van der Waals surface area contributed by atoms with Crippen molar-refractivity contribution in [3.05, 3.63) is 65.2 Å². The lowest BCUT2D eigenvalue weighted by Gasteiger charge is -2.35. The largest absolute Gasteiger partial charge is 0.369 e. The Morgan fingerprint density at radius 1 is 1.00 bits per heavy atom. The van der Waals surface area contributed by atoms with Crippen LogP contribution in [-0.2, 0) is 16.1 Å². The highest BCUT2D eigenvalue weighted by Crippen LogP contribution is 2.22. The van der Waals surface area contributed by atoms with Crippen LogP contribution in [0.5, 0.6) is 0 Å². The van der Waals surface area contributed by atoms with Crippen molar-refractivity contribution in [3.63, 3.8) is 0 Å². The minimum Gasteiger partial charge on any atom is -0.369 e. The Kier molecular flexibility index (Phi) is 7.10. The fourth-order valence-corrected chi connectivity index (χ4v) is 4.84. The van der Waals surface area contributed by atoms with Gasteiger partial charge in [-0.1, -0.05) is 48.0 Å². The molecule has 4 rings (SSSR count). The molecule has 0 aromatic heterocycles. The van der Waals surface area contributed by atoms with Gasteiger partial charge in [0.1, 0.15) is 0 Å². The summed E-state index contributed by atoms with van der Waals surface area (Å²) < 4.78 is 0. The number of rotatable bonds is 5. The van der Waals surface area contributed by atoms with Crippen molar-refractivity contribution in [2.45, 2.75) is 39.3 Å². The molecule has 2 aliphatic heterocycles. The van der Waals surface area contributed by atoms with Crippen LogP contribution in [0, 0.1) is 13.8 Å². The third-order valence-electron chi connectivity index (χ3n) is 6.58. The molecule has 2 saturated heterocycles. The molecule has 0 bridgehead atoms. The van der Waals surface area contributed by atoms with E-state index >= 15 is 0 Å². The Morgan fingerprint density at radius 3 is 2.66 bits per heavy atom. The highest BCUT2D eigenvalue weighted by Gasteiger charge is 2.33. The van der Waals surface area contributed by atoms with E-state index in [4.69, 9.17) is 0 Å². The van der Waals surface area contributed by atoms with Gasteiger partial charge in [-0.05, 0) is 37.5 Å². The fourth-order valence-electron chi connectivity index (χ4n) is 4.84. The van der Waals surface area contributed by atoms with E-state index in [0.29, 0.717) is 19.6 Å². The van der Waals surface area contributed by atoms with Gasteiger partial charge in [0.15, 0.2) is 0 Å². The van der Waals surface area contributed by atoms with Crippen molar-refractivity contribution in [1.82, 2.24) is 15.1 Å². The van der Waals surface area contributed by atoms with Crippen LogP contribution in [0.1, 0.15) is 29.5 Å². The zero-order valence-corrected chi connectivity index (χ0v) is 19.2. The monoisotopic (exact) mass is 434 g/mol. The van der Waals surface area contributed by atoms with Crippen molar-refractivity contribution >= 4 is 17.5 Å². The topological polar surface area (TPSA) is 55.9 Å². The molecule has 0 aliphatic carbocycles. The third kappa shape index (κ3) is 5.30. The Balaban J connectivity index is 1.40. The molecule has 6 heteroatoms. The van der Waals surface area contributed by atoms with Crippen molar-refractivity contribution in [2.75, 3.05) is 44.2 Å². The smallest absolute Gasteiger partial charge is 0.237 e. The molecule has 6 nitrogen and oxygen atoms in total. The van der Waals surface area contributed by atoms with Crippen LogP contribution in [0.2, 0.25) is 0 Å². The predicted molar refractivity (Wildman–Crippen MR) is 128 cm³/mol. The Hall–Kier alpha value is -2.86. The zero-order valence-electron chi connectivity index (χ0n) is 19.2. The molecular weight excluding hydrogens is 400 g/mol. The molecule has 0 spiro atoms. The quantitative estimate of drug-likeness (QED) is 0.786. The second-order valence-electron chi connectivity index (χ2n) is 8.98. The predicted octanol–water partition coefficient (Wildman–Crippen LogP) is 2.73. The van der Waals surface area contributed by atoms with E-state index in [1.165, 1.54) is 22.4 Å². The van der Waals surface area contributed by atoms with Crippen LogP contribution >= 0.6 is 0 Å². The molecule has 2 aliphatic rings. The molecule has 2 aromatic carbocycles. The van der Waals surface area contributed by atoms with Gasteiger partial charge in [-0.3, -0.25) is 14.5 Å². The summed E-state index contributed by atoms with van der Waals surface area (Å²) in [5, 5.41) is 2.96. The average molecular weight is 435 g/mol. The first-order valence-electron chi connectivity index (χ1n) is 11.7. The van der Waals surface area contributed by atoms with Crippen LogP contribution in [0.25, 0.3) is 0 Å². The molecule has 170 valence electrons. The van der Waals surface area contributed by atoms with Crippen molar-refractivity contribution < 1.29 is 9.59 Å². The Labute approximate surface area is 191 Å². The van der Waals surface area contributed by atoms with Crippen LogP contribution in [0.4, 0.5) is 5.69 Å². The maximum atomic E-state index is 13.2. The molecule has 32 heavy (non-hydrogen) atoms. The number of hydrogen-bond acceptors (Lipinski definition) is 4. The first kappa shape index (κ1) is 22.3. The molecule has 1 unspecified atom stereocenters. The number of para-hydroxylation sites is 1. The molecule has 2 heterocycles. The first-order valence-corrected chi connectivity index (χ1v) is 11.7. The van der Waals surface area contributed by atoms with Gasteiger partial charge in [-0.2, -0.15) is 0 Å². The second kappa shape index (κ2) is 10.2. The highest BCUT2D eigenvalue weighted by atomic mass is 16.2. The van der Waals surface area contributed by atoms with E-state index < -0.39 is 6.04 Å². The van der Waals surface area contributed by atoms with E-state index in [0.717, 1.165) is 32.6 Å². The fraction of sp³-hybridized carbons (Fsp3) is 0.462. The number of nitrogens with one attached hydrogen (secondary N) is 1. The highest BCUT2D eigenvalue weighted by molar-refractivity contribution is 5.89. The molecule has 0 saturated carbocycles. The Morgan fingerprint density at radius 2 is 1.84 bits per heavy atom. The van der Waals surface area contributed by atoms with Gasteiger partial charge in [0, 0.05) is 51.5 Å². The summed E-state index contributed by atoms with van der Waals surface area (Å²) in [5.74, 6) is 0.0431. The summed E-state index contributed by atoms with van der Waals surface area (Å²) in [6.07, 6.45) is 1.17. The number of piperazine rings is 1. The number of carbonyl (C=O) groups is 2. The van der Waals surface area contributed by atoms with Gasteiger partial charge in [0.2, 0.25) is 11.8 Å². The van der Waals surface area contributed by atoms with Crippen LogP contribution in [0.15, 0.2) is 48.5 Å². The van der Waals surface area contributed by atoms with Crippen molar-refractivity contribution in [3.8, 4) is 0 Å². The molecule has 2 fully saturated rings. The van der Waals surface area contributed by atoms with Gasteiger partial charge >= 0.3 is 0 Å². The number of aryl methyl sites for hydroxylation is 2. The SMILES string of the molecule is Cc1cccc(CN2CCNC(=O)C2CC(=O)N2CCCN(c3ccccc3C)CC2)c1. The normalized spacial score (nSPS) is 20.1. The number of nitrogens with zero attached hydrogens (tertiary/aromatic N) is 3. The molecule has 1 atom stereocenters. The van der Waals surface area contributed by atoms with Gasteiger partial charge in [0.25, 0.3) is 0 Å². The number of anilines is 1. The molecule has 2 amide bonds. The standard InChI is InChI=1S/C26H34N4O2/c1-20-7-5-9-22(17-20)19-30-14-11-27-26(32)24(30)18-25(31)29-13-6-12-28(15-16-29)23-10-4-3-8-21(23)2/h3-5,7-10,17,24H,6,11-16,18-19H2,1-2H3,(H,27,32). The van der Waals surface area contributed by atoms with E-state index in [2.05, 4.69) is 71.4 Å². The van der Waals surface area contributed by atoms with Gasteiger partial charge < -0.3 is 15.1 Å². The molecule has 0 radical (unpaired) electrons. The van der Waals surface area contributed by atoms with E-state index in [9.17, 15) is 9.59 Å². The summed E-state index contributed by atoms with van der Waals surface area (Å²) in [7, 11) is 0. The molecular formula is C26H34N4O2. The van der Waals surface area contributed by atoms with Crippen molar-refractivity contribution in [1.29, 1.82) is 0 Å². The molecule has 1 N–H and O–H groups in total. The minimum absolute atomic E-state index is 0.0337. The summed E-state index contributed by atoms with van der Waals surface area (Å²) >= 11 is 0. The minimum atomic E-state index is -0.410. The average Bonchev–Trinajstić information content (AvgIpc) is 3.03. The summed E-state index contributed by atoms with van der Waals surface area (Å²) in [6, 6.07) is 16.4. The van der Waals surface area contributed by atoms with Crippen LogP contribution < -0.4 is 10.2 Å². The van der Waals surface area contributed by atoms with Crippen LogP contribution in [0.3, 0.4) is 0 Å². The number of amides is 2. The molecule has 2 aromatic rings. The van der Waals surface area contributed by atoms with Crippen molar-refractivity contribution in [2.24, 2.45) is 0 Å². The Bertz CT molecular complexity index is 960. The van der Waals surface area contributed by atoms with E-state index in [1.54, 1.807) is 0 Å². The third-order valence-corrected chi connectivity index (χ3v) is 6.58. The summed E-state index contributed by atoms with van der Waals surface area (Å²) in [6.45, 7) is 9.49. The first-order chi connectivity index (χ1) is 15.5. The van der Waals surface area contributed by atoms with E-state index in [-0.39, 0.29) is 18.2 Å². The van der Waals surface area contributed by atoms with Crippen LogP contribution in [-0.4, -0.2) is 66.9 Å². The maximum Gasteiger partial charge on any atom is 0.237 e. The zero-order chi connectivity index (χ0) is 22.5. The lowest BCUT2D eigenvalue weighted by molar-refractivity contribution is -0.139. The van der Waals surface area contributed by atoms with Gasteiger partial charge in [-0.15, -0.1) is 0 Å². The van der Waals surface area contributed by atoms with Gasteiger partial charge in [-0.25, -0.2) is 0 Å². The number of benzene rings is 2. The summed E-state index contributed by atoms with van der Waals surface area (Å²) in [4.78, 5) is 32.4. The lowest BCUT2D eigenvalue weighted by atomic mass is 10.1. The lowest BCUT2D eigenvalue weighted by Crippen LogP contribution is -2.56. The number of hydrogen-bond donors (Lipinski definition) is 1. The second-order valence-corrected chi connectivity index (χ2v) is 8.98. The van der Waals surface area contributed by atoms with E-state index in [1.807, 2.05) is 11.0 Å². The maximum absolute atomic E-state index is 13.2.